The second-order valence-corrected chi connectivity index (χ2v) is 7.01. The van der Waals surface area contributed by atoms with Crippen molar-refractivity contribution in [1.29, 1.82) is 0 Å². The van der Waals surface area contributed by atoms with Gasteiger partial charge in [-0.2, -0.15) is 0 Å². The molecule has 0 aliphatic carbocycles. The van der Waals surface area contributed by atoms with E-state index in [0.29, 0.717) is 17.1 Å². The summed E-state index contributed by atoms with van der Waals surface area (Å²) in [7, 11) is 2.97. The Kier molecular flexibility index (Phi) is 5.87. The lowest BCUT2D eigenvalue weighted by atomic mass is 9.93. The molecule has 1 unspecified atom stereocenters. The van der Waals surface area contributed by atoms with Gasteiger partial charge in [-0.05, 0) is 30.2 Å². The summed E-state index contributed by atoms with van der Waals surface area (Å²) in [5.74, 6) is 0.197. The van der Waals surface area contributed by atoms with Crippen LogP contribution in [0, 0.1) is 6.92 Å². The number of esters is 1. The normalized spacial score (nSPS) is 15.0. The van der Waals surface area contributed by atoms with Crippen molar-refractivity contribution in [2.24, 2.45) is 0 Å². The lowest BCUT2D eigenvalue weighted by molar-refractivity contribution is -0.134. The zero-order chi connectivity index (χ0) is 21.1. The lowest BCUT2D eigenvalue weighted by Crippen LogP contribution is -2.35. The van der Waals surface area contributed by atoms with Crippen LogP contribution in [0.5, 0.6) is 0 Å². The Morgan fingerprint density at radius 3 is 2.66 bits per heavy atom. The van der Waals surface area contributed by atoms with Gasteiger partial charge >= 0.3 is 5.97 Å². The molecule has 7 nitrogen and oxygen atoms in total. The highest BCUT2D eigenvalue weighted by Gasteiger charge is 2.29. The highest BCUT2D eigenvalue weighted by atomic mass is 16.5. The summed E-state index contributed by atoms with van der Waals surface area (Å²) in [4.78, 5) is 39.8. The number of nitrogens with zero attached hydrogens (tertiary/aromatic N) is 2. The molecule has 0 bridgehead atoms. The van der Waals surface area contributed by atoms with Gasteiger partial charge in [-0.3, -0.25) is 9.59 Å². The maximum Gasteiger partial charge on any atom is 0.341 e. The largest absolute Gasteiger partial charge is 0.465 e. The lowest BCUT2D eigenvalue weighted by Gasteiger charge is -2.33. The van der Waals surface area contributed by atoms with Gasteiger partial charge in [0.25, 0.3) is 0 Å². The molecule has 2 amide bonds. The van der Waals surface area contributed by atoms with Gasteiger partial charge in [-0.1, -0.05) is 24.3 Å². The molecule has 152 valence electrons. The Bertz CT molecular complexity index is 975. The number of rotatable bonds is 5. The van der Waals surface area contributed by atoms with E-state index in [-0.39, 0.29) is 30.8 Å². The van der Waals surface area contributed by atoms with E-state index in [1.807, 2.05) is 30.3 Å². The van der Waals surface area contributed by atoms with Crippen LogP contribution in [0.4, 0.5) is 0 Å². The summed E-state index contributed by atoms with van der Waals surface area (Å²) in [5, 5.41) is 0. The molecule has 0 spiro atoms. The van der Waals surface area contributed by atoms with E-state index in [1.54, 1.807) is 31.1 Å². The fourth-order valence-corrected chi connectivity index (χ4v) is 3.49. The molecular formula is C22H24N2O5. The highest BCUT2D eigenvalue weighted by molar-refractivity contribution is 5.90. The van der Waals surface area contributed by atoms with Gasteiger partial charge < -0.3 is 19.0 Å². The van der Waals surface area contributed by atoms with Crippen molar-refractivity contribution in [2.75, 3.05) is 14.2 Å². The van der Waals surface area contributed by atoms with E-state index in [1.165, 1.54) is 18.9 Å². The predicted octanol–water partition coefficient (Wildman–Crippen LogP) is 3.30. The summed E-state index contributed by atoms with van der Waals surface area (Å²) in [6.45, 7) is 3.37. The van der Waals surface area contributed by atoms with Crippen LogP contribution in [0.2, 0.25) is 0 Å². The van der Waals surface area contributed by atoms with Gasteiger partial charge in [0.1, 0.15) is 17.1 Å². The molecule has 0 radical (unpaired) electrons. The third-order valence-electron chi connectivity index (χ3n) is 5.03. The Morgan fingerprint density at radius 2 is 1.97 bits per heavy atom. The third-order valence-corrected chi connectivity index (χ3v) is 5.03. The van der Waals surface area contributed by atoms with Crippen molar-refractivity contribution in [3.8, 4) is 0 Å². The molecule has 0 saturated heterocycles. The molecule has 1 aliphatic heterocycles. The van der Waals surface area contributed by atoms with Gasteiger partial charge in [-0.25, -0.2) is 4.79 Å². The number of hydrogen-bond donors (Lipinski definition) is 0. The zero-order valence-electron chi connectivity index (χ0n) is 17.0. The highest BCUT2D eigenvalue weighted by Crippen LogP contribution is 2.33. The minimum absolute atomic E-state index is 0.124. The van der Waals surface area contributed by atoms with Gasteiger partial charge in [0.2, 0.25) is 11.8 Å². The van der Waals surface area contributed by atoms with Gasteiger partial charge in [0.15, 0.2) is 0 Å². The number of hydrogen-bond acceptors (Lipinski definition) is 5. The molecule has 1 aromatic carbocycles. The number of methoxy groups -OCH3 is 1. The van der Waals surface area contributed by atoms with E-state index in [4.69, 9.17) is 9.15 Å². The van der Waals surface area contributed by atoms with E-state index in [2.05, 4.69) is 0 Å². The number of aryl methyl sites for hydroxylation is 1. The van der Waals surface area contributed by atoms with Crippen molar-refractivity contribution in [3.05, 3.63) is 64.7 Å². The summed E-state index contributed by atoms with van der Waals surface area (Å²) in [6.07, 6.45) is 3.74. The fraction of sp³-hybridized carbons (Fsp3) is 0.318. The molecular weight excluding hydrogens is 372 g/mol. The smallest absolute Gasteiger partial charge is 0.341 e. The molecule has 1 aromatic heterocycles. The second-order valence-electron chi connectivity index (χ2n) is 7.01. The first-order chi connectivity index (χ1) is 13.8. The summed E-state index contributed by atoms with van der Waals surface area (Å²) >= 11 is 0. The first-order valence-electron chi connectivity index (χ1n) is 9.29. The maximum absolute atomic E-state index is 12.9. The standard InChI is InChI=1S/C22H24N2O5/c1-14-19(22(27)28-4)11-17(29-14)13-23(3)21(26)12-20-18-8-6-5-7-16(18)9-10-24(20)15(2)25/h5-11,20H,12-13H2,1-4H3. The Morgan fingerprint density at radius 1 is 1.24 bits per heavy atom. The molecule has 2 heterocycles. The topological polar surface area (TPSA) is 80.1 Å². The van der Waals surface area contributed by atoms with E-state index >= 15 is 0 Å². The van der Waals surface area contributed by atoms with Crippen molar-refractivity contribution < 1.29 is 23.5 Å². The van der Waals surface area contributed by atoms with Crippen LogP contribution < -0.4 is 0 Å². The van der Waals surface area contributed by atoms with Gasteiger partial charge in [0.05, 0.1) is 26.1 Å². The molecule has 0 saturated carbocycles. The summed E-state index contributed by atoms with van der Waals surface area (Å²) < 4.78 is 10.3. The Balaban J connectivity index is 1.75. The molecule has 29 heavy (non-hydrogen) atoms. The van der Waals surface area contributed by atoms with Crippen molar-refractivity contribution >= 4 is 23.9 Å². The fourth-order valence-electron chi connectivity index (χ4n) is 3.49. The van der Waals surface area contributed by atoms with E-state index in [9.17, 15) is 14.4 Å². The molecule has 2 aromatic rings. The van der Waals surface area contributed by atoms with Gasteiger partial charge in [0, 0.05) is 20.2 Å². The number of fused-ring (bicyclic) bond motifs is 1. The van der Waals surface area contributed by atoms with Crippen LogP contribution >= 0.6 is 0 Å². The summed E-state index contributed by atoms with van der Waals surface area (Å²) in [5.41, 5.74) is 2.28. The number of carbonyl (C=O) groups excluding carboxylic acids is 3. The Hall–Kier alpha value is -3.35. The van der Waals surface area contributed by atoms with Crippen LogP contribution in [0.1, 0.15) is 52.4 Å². The van der Waals surface area contributed by atoms with Crippen LogP contribution in [-0.4, -0.2) is 41.7 Å². The van der Waals surface area contributed by atoms with Crippen molar-refractivity contribution in [1.82, 2.24) is 9.80 Å². The first-order valence-corrected chi connectivity index (χ1v) is 9.29. The Labute approximate surface area is 169 Å². The molecule has 1 aliphatic rings. The average Bonchev–Trinajstić information content (AvgIpc) is 3.07. The summed E-state index contributed by atoms with van der Waals surface area (Å²) in [6, 6.07) is 8.95. The van der Waals surface area contributed by atoms with E-state index in [0.717, 1.165) is 11.1 Å². The second kappa shape index (κ2) is 8.34. The molecule has 0 fully saturated rings. The van der Waals surface area contributed by atoms with Crippen LogP contribution in [0.25, 0.3) is 6.08 Å². The molecule has 0 N–H and O–H groups in total. The minimum Gasteiger partial charge on any atom is -0.465 e. The van der Waals surface area contributed by atoms with Crippen molar-refractivity contribution in [3.63, 3.8) is 0 Å². The van der Waals surface area contributed by atoms with Crippen LogP contribution in [0.3, 0.4) is 0 Å². The third kappa shape index (κ3) is 4.23. The van der Waals surface area contributed by atoms with Crippen LogP contribution in [0.15, 0.2) is 40.9 Å². The number of benzene rings is 1. The first kappa shape index (κ1) is 20.4. The molecule has 3 rings (SSSR count). The molecule has 7 heteroatoms. The average molecular weight is 396 g/mol. The van der Waals surface area contributed by atoms with Crippen LogP contribution in [-0.2, 0) is 20.9 Å². The monoisotopic (exact) mass is 396 g/mol. The number of carbonyl (C=O) groups is 3. The minimum atomic E-state index is -0.478. The van der Waals surface area contributed by atoms with Gasteiger partial charge in [-0.15, -0.1) is 0 Å². The molecule has 1 atom stereocenters. The zero-order valence-corrected chi connectivity index (χ0v) is 17.0. The number of amides is 2. The van der Waals surface area contributed by atoms with Crippen molar-refractivity contribution in [2.45, 2.75) is 32.9 Å². The number of ether oxygens (including phenoxy) is 1. The van der Waals surface area contributed by atoms with E-state index < -0.39 is 5.97 Å². The SMILES string of the molecule is COC(=O)c1cc(CN(C)C(=O)CC2c3ccccc3C=CN2C(C)=O)oc1C. The maximum atomic E-state index is 12.9. The predicted molar refractivity (Wildman–Crippen MR) is 107 cm³/mol. The number of furan rings is 1. The quantitative estimate of drug-likeness (QED) is 0.725.